The van der Waals surface area contributed by atoms with Gasteiger partial charge in [0.1, 0.15) is 6.04 Å². The topological polar surface area (TPSA) is 67.9 Å². The Labute approximate surface area is 120 Å². The first kappa shape index (κ1) is 16.8. The molecule has 0 aromatic carbocycles. The van der Waals surface area contributed by atoms with Crippen molar-refractivity contribution in [1.82, 2.24) is 10.2 Å². The van der Waals surface area contributed by atoms with Crippen LogP contribution in [0.2, 0.25) is 0 Å². The Bertz CT molecular complexity index is 336. The molecule has 2 amide bonds. The van der Waals surface area contributed by atoms with Crippen molar-refractivity contribution < 1.29 is 19.1 Å². The van der Waals surface area contributed by atoms with E-state index in [9.17, 15) is 9.59 Å². The van der Waals surface area contributed by atoms with Crippen molar-refractivity contribution in [2.24, 2.45) is 5.92 Å². The Morgan fingerprint density at radius 2 is 1.85 bits per heavy atom. The van der Waals surface area contributed by atoms with Crippen LogP contribution in [0.4, 0.5) is 4.79 Å². The van der Waals surface area contributed by atoms with E-state index >= 15 is 0 Å². The number of nitrogens with zero attached hydrogens (tertiary/aromatic N) is 1. The third-order valence-electron chi connectivity index (χ3n) is 3.20. The Balaban J connectivity index is 2.62. The van der Waals surface area contributed by atoms with Gasteiger partial charge in [-0.05, 0) is 26.2 Å². The van der Waals surface area contributed by atoms with E-state index in [1.165, 1.54) is 7.11 Å². The molecule has 0 saturated carbocycles. The van der Waals surface area contributed by atoms with E-state index in [4.69, 9.17) is 9.47 Å². The maximum absolute atomic E-state index is 12.3. The number of amides is 2. The van der Waals surface area contributed by atoms with Gasteiger partial charge in [0.25, 0.3) is 0 Å². The van der Waals surface area contributed by atoms with Gasteiger partial charge in [-0.25, -0.2) is 9.59 Å². The molecule has 1 aliphatic heterocycles. The minimum absolute atomic E-state index is 0.00572. The van der Waals surface area contributed by atoms with E-state index in [0.29, 0.717) is 25.4 Å². The van der Waals surface area contributed by atoms with Gasteiger partial charge >= 0.3 is 12.0 Å². The lowest BCUT2D eigenvalue weighted by Crippen LogP contribution is -2.55. The average Bonchev–Trinajstić information content (AvgIpc) is 2.35. The summed E-state index contributed by atoms with van der Waals surface area (Å²) in [6.45, 7) is 8.93. The first-order valence-electron chi connectivity index (χ1n) is 7.12. The molecule has 1 fully saturated rings. The largest absolute Gasteiger partial charge is 0.467 e. The number of esters is 1. The number of morpholine rings is 1. The molecule has 0 unspecified atom stereocenters. The molecule has 0 bridgehead atoms. The number of carbonyl (C=O) groups is 2. The average molecular weight is 286 g/mol. The van der Waals surface area contributed by atoms with Crippen LogP contribution in [0.5, 0.6) is 0 Å². The minimum Gasteiger partial charge on any atom is -0.467 e. The lowest BCUT2D eigenvalue weighted by atomic mass is 10.0. The highest BCUT2D eigenvalue weighted by molar-refractivity contribution is 5.83. The quantitative estimate of drug-likeness (QED) is 0.793. The second kappa shape index (κ2) is 7.47. The van der Waals surface area contributed by atoms with Crippen LogP contribution in [-0.2, 0) is 14.3 Å². The fourth-order valence-electron chi connectivity index (χ4n) is 2.41. The van der Waals surface area contributed by atoms with Crippen molar-refractivity contribution in [3.05, 3.63) is 0 Å². The summed E-state index contributed by atoms with van der Waals surface area (Å²) < 4.78 is 10.3. The normalized spacial score (nSPS) is 24.4. The third kappa shape index (κ3) is 5.00. The highest BCUT2D eigenvalue weighted by Crippen LogP contribution is 2.12. The maximum Gasteiger partial charge on any atom is 0.328 e. The number of rotatable bonds is 4. The predicted molar refractivity (Wildman–Crippen MR) is 75.4 cm³/mol. The molecule has 6 heteroatoms. The van der Waals surface area contributed by atoms with Gasteiger partial charge in [-0.3, -0.25) is 0 Å². The van der Waals surface area contributed by atoms with Gasteiger partial charge in [0.15, 0.2) is 0 Å². The fourth-order valence-corrected chi connectivity index (χ4v) is 2.41. The first-order chi connectivity index (χ1) is 9.33. The summed E-state index contributed by atoms with van der Waals surface area (Å²) in [6.07, 6.45) is 0.575. The van der Waals surface area contributed by atoms with Gasteiger partial charge in [-0.15, -0.1) is 0 Å². The Hall–Kier alpha value is -1.30. The van der Waals surface area contributed by atoms with Crippen LogP contribution in [0, 0.1) is 5.92 Å². The Kier molecular flexibility index (Phi) is 6.26. The summed E-state index contributed by atoms with van der Waals surface area (Å²) in [5.74, 6) is -0.108. The van der Waals surface area contributed by atoms with Crippen LogP contribution >= 0.6 is 0 Å². The molecular formula is C14H26N2O4. The number of hydrogen-bond acceptors (Lipinski definition) is 4. The van der Waals surface area contributed by atoms with Crippen LogP contribution in [0.3, 0.4) is 0 Å². The number of hydrogen-bond donors (Lipinski definition) is 1. The van der Waals surface area contributed by atoms with E-state index < -0.39 is 12.0 Å². The Morgan fingerprint density at radius 1 is 1.30 bits per heavy atom. The van der Waals surface area contributed by atoms with Crippen LogP contribution in [0.1, 0.15) is 34.1 Å². The van der Waals surface area contributed by atoms with Gasteiger partial charge in [0.2, 0.25) is 0 Å². The summed E-state index contributed by atoms with van der Waals surface area (Å²) in [4.78, 5) is 25.7. The number of ether oxygens (including phenoxy) is 2. The van der Waals surface area contributed by atoms with Gasteiger partial charge in [0.05, 0.1) is 19.3 Å². The molecule has 3 atom stereocenters. The first-order valence-corrected chi connectivity index (χ1v) is 7.12. The molecule has 0 aliphatic carbocycles. The van der Waals surface area contributed by atoms with Crippen molar-refractivity contribution in [3.63, 3.8) is 0 Å². The van der Waals surface area contributed by atoms with E-state index in [0.717, 1.165) is 0 Å². The van der Waals surface area contributed by atoms with E-state index in [1.54, 1.807) is 4.90 Å². The van der Waals surface area contributed by atoms with Crippen molar-refractivity contribution >= 4 is 12.0 Å². The minimum atomic E-state index is -0.596. The highest BCUT2D eigenvalue weighted by atomic mass is 16.5. The summed E-state index contributed by atoms with van der Waals surface area (Å²) in [6, 6.07) is -0.830. The molecule has 20 heavy (non-hydrogen) atoms. The number of carbonyl (C=O) groups excluding carboxylic acids is 2. The second-order valence-electron chi connectivity index (χ2n) is 5.82. The number of nitrogens with one attached hydrogen (secondary N) is 1. The molecule has 1 heterocycles. The number of methoxy groups -OCH3 is 1. The summed E-state index contributed by atoms with van der Waals surface area (Å²) in [7, 11) is 1.33. The molecule has 6 nitrogen and oxygen atoms in total. The standard InChI is InChI=1S/C14H26N2O4/c1-9(2)6-12(13(17)19-5)15-14(18)16-7-10(3)20-11(4)8-16/h9-12H,6-8H2,1-5H3,(H,15,18)/t10-,11-,12-/m0/s1. The molecule has 0 spiro atoms. The monoisotopic (exact) mass is 286 g/mol. The van der Waals surface area contributed by atoms with Crippen LogP contribution in [0.25, 0.3) is 0 Å². The van der Waals surface area contributed by atoms with Crippen molar-refractivity contribution in [2.75, 3.05) is 20.2 Å². The van der Waals surface area contributed by atoms with E-state index in [1.807, 2.05) is 27.7 Å². The smallest absolute Gasteiger partial charge is 0.328 e. The zero-order chi connectivity index (χ0) is 15.3. The molecule has 1 aliphatic rings. The predicted octanol–water partition coefficient (Wildman–Crippen LogP) is 1.39. The molecule has 116 valence electrons. The van der Waals surface area contributed by atoms with Crippen molar-refractivity contribution in [2.45, 2.75) is 52.4 Å². The molecular weight excluding hydrogens is 260 g/mol. The molecule has 0 aromatic heterocycles. The van der Waals surface area contributed by atoms with E-state index in [-0.39, 0.29) is 18.2 Å². The summed E-state index contributed by atoms with van der Waals surface area (Å²) in [5.41, 5.74) is 0. The number of urea groups is 1. The molecule has 0 aromatic rings. The van der Waals surface area contributed by atoms with Gasteiger partial charge in [0, 0.05) is 13.1 Å². The van der Waals surface area contributed by atoms with E-state index in [2.05, 4.69) is 5.32 Å². The van der Waals surface area contributed by atoms with Crippen molar-refractivity contribution in [3.8, 4) is 0 Å². The molecule has 1 saturated heterocycles. The van der Waals surface area contributed by atoms with Gasteiger partial charge in [-0.2, -0.15) is 0 Å². The highest BCUT2D eigenvalue weighted by Gasteiger charge is 2.29. The molecule has 1 N–H and O–H groups in total. The van der Waals surface area contributed by atoms with Crippen LogP contribution < -0.4 is 5.32 Å². The lowest BCUT2D eigenvalue weighted by molar-refractivity contribution is -0.143. The zero-order valence-electron chi connectivity index (χ0n) is 13.0. The Morgan fingerprint density at radius 3 is 2.30 bits per heavy atom. The summed E-state index contributed by atoms with van der Waals surface area (Å²) in [5, 5.41) is 2.77. The summed E-state index contributed by atoms with van der Waals surface area (Å²) >= 11 is 0. The SMILES string of the molecule is COC(=O)[C@H](CC(C)C)NC(=O)N1C[C@H](C)O[C@@H](C)C1. The van der Waals surface area contributed by atoms with Crippen LogP contribution in [-0.4, -0.2) is 55.3 Å². The zero-order valence-corrected chi connectivity index (χ0v) is 13.0. The molecule has 0 radical (unpaired) electrons. The third-order valence-corrected chi connectivity index (χ3v) is 3.20. The van der Waals surface area contributed by atoms with Gasteiger partial charge < -0.3 is 19.7 Å². The van der Waals surface area contributed by atoms with Crippen LogP contribution in [0.15, 0.2) is 0 Å². The lowest BCUT2D eigenvalue weighted by Gasteiger charge is -2.36. The second-order valence-corrected chi connectivity index (χ2v) is 5.82. The maximum atomic E-state index is 12.3. The molecule has 1 rings (SSSR count). The fraction of sp³-hybridized carbons (Fsp3) is 0.857. The van der Waals surface area contributed by atoms with Gasteiger partial charge in [-0.1, -0.05) is 13.8 Å². The van der Waals surface area contributed by atoms with Crippen molar-refractivity contribution in [1.29, 1.82) is 0 Å².